The highest BCUT2D eigenvalue weighted by molar-refractivity contribution is 7.98. The molecule has 0 radical (unpaired) electrons. The van der Waals surface area contributed by atoms with Gasteiger partial charge in [0, 0.05) is 4.90 Å². The molecule has 0 saturated heterocycles. The molecule has 0 saturated carbocycles. The zero-order valence-electron chi connectivity index (χ0n) is 13.7. The number of carbonyl (C=O) groups is 2. The Morgan fingerprint density at radius 1 is 1.30 bits per heavy atom. The topological polar surface area (TPSA) is 81.4 Å². The summed E-state index contributed by atoms with van der Waals surface area (Å²) in [4.78, 5) is 24.8. The Bertz CT molecular complexity index is 497. The minimum Gasteiger partial charge on any atom is -0.469 e. The molecule has 1 aromatic rings. The monoisotopic (exact) mass is 360 g/mol. The molecule has 1 aromatic carbocycles. The van der Waals surface area contributed by atoms with E-state index in [0.29, 0.717) is 6.42 Å². The van der Waals surface area contributed by atoms with Gasteiger partial charge in [-0.3, -0.25) is 9.59 Å². The molecule has 3 N–H and O–H groups in total. The Hall–Kier alpha value is -1.24. The van der Waals surface area contributed by atoms with Gasteiger partial charge in [0.15, 0.2) is 0 Å². The minimum absolute atomic E-state index is 0. The molecule has 1 amide bonds. The third kappa shape index (κ3) is 7.24. The standard InChI is InChI=1S/C16H24N2O3S.ClH/c1-4-5-13(17)16(20)18-14(10-15(19)21-2)11-6-8-12(22-3)9-7-11;/h6-9,13-14H,4-5,10,17H2,1-3H3,(H,18,20);1H. The Morgan fingerprint density at radius 2 is 1.91 bits per heavy atom. The maximum absolute atomic E-state index is 12.1. The summed E-state index contributed by atoms with van der Waals surface area (Å²) in [5, 5.41) is 2.85. The molecule has 5 nitrogen and oxygen atoms in total. The van der Waals surface area contributed by atoms with Crippen LogP contribution in [0.25, 0.3) is 0 Å². The molecule has 0 aliphatic heterocycles. The van der Waals surface area contributed by atoms with Crippen LogP contribution in [0.2, 0.25) is 0 Å². The van der Waals surface area contributed by atoms with Crippen molar-refractivity contribution in [3.63, 3.8) is 0 Å². The second kappa shape index (κ2) is 11.3. The van der Waals surface area contributed by atoms with Gasteiger partial charge in [-0.05, 0) is 30.4 Å². The number of rotatable bonds is 8. The summed E-state index contributed by atoms with van der Waals surface area (Å²) >= 11 is 1.63. The average Bonchev–Trinajstić information content (AvgIpc) is 2.54. The molecule has 0 spiro atoms. The molecule has 23 heavy (non-hydrogen) atoms. The first-order chi connectivity index (χ1) is 10.5. The first-order valence-corrected chi connectivity index (χ1v) is 8.51. The van der Waals surface area contributed by atoms with Gasteiger partial charge in [-0.15, -0.1) is 24.2 Å². The van der Waals surface area contributed by atoms with E-state index < -0.39 is 12.1 Å². The van der Waals surface area contributed by atoms with Gasteiger partial charge >= 0.3 is 5.97 Å². The van der Waals surface area contributed by atoms with Crippen LogP contribution < -0.4 is 11.1 Å². The number of thioether (sulfide) groups is 1. The molecule has 1 rings (SSSR count). The predicted molar refractivity (Wildman–Crippen MR) is 95.9 cm³/mol. The van der Waals surface area contributed by atoms with E-state index in [1.807, 2.05) is 37.4 Å². The fourth-order valence-corrected chi connectivity index (χ4v) is 2.47. The lowest BCUT2D eigenvalue weighted by molar-refractivity contribution is -0.141. The number of carbonyl (C=O) groups excluding carboxylic acids is 2. The van der Waals surface area contributed by atoms with Crippen LogP contribution in [0.5, 0.6) is 0 Å². The van der Waals surface area contributed by atoms with Crippen molar-refractivity contribution >= 4 is 36.0 Å². The van der Waals surface area contributed by atoms with Gasteiger partial charge in [-0.2, -0.15) is 0 Å². The fraction of sp³-hybridized carbons (Fsp3) is 0.500. The predicted octanol–water partition coefficient (Wildman–Crippen LogP) is 2.68. The van der Waals surface area contributed by atoms with Gasteiger partial charge in [0.05, 0.1) is 25.6 Å². The van der Waals surface area contributed by atoms with Crippen LogP contribution in [0.4, 0.5) is 0 Å². The van der Waals surface area contributed by atoms with E-state index in [9.17, 15) is 9.59 Å². The van der Waals surface area contributed by atoms with Crippen LogP contribution >= 0.6 is 24.2 Å². The minimum atomic E-state index is -0.560. The first-order valence-electron chi connectivity index (χ1n) is 7.28. The number of halogens is 1. The summed E-state index contributed by atoms with van der Waals surface area (Å²) in [5.41, 5.74) is 6.69. The zero-order chi connectivity index (χ0) is 16.5. The summed E-state index contributed by atoms with van der Waals surface area (Å²) in [5.74, 6) is -0.618. The highest BCUT2D eigenvalue weighted by atomic mass is 35.5. The molecule has 7 heteroatoms. The van der Waals surface area contributed by atoms with Gasteiger partial charge in [0.2, 0.25) is 5.91 Å². The van der Waals surface area contributed by atoms with Crippen LogP contribution in [0.15, 0.2) is 29.2 Å². The van der Waals surface area contributed by atoms with Crippen molar-refractivity contribution in [3.05, 3.63) is 29.8 Å². The highest BCUT2D eigenvalue weighted by Crippen LogP contribution is 2.22. The van der Waals surface area contributed by atoms with E-state index in [4.69, 9.17) is 10.5 Å². The number of hydrogen-bond acceptors (Lipinski definition) is 5. The maximum atomic E-state index is 12.1. The van der Waals surface area contributed by atoms with E-state index >= 15 is 0 Å². The first kappa shape index (κ1) is 21.8. The Morgan fingerprint density at radius 3 is 2.39 bits per heavy atom. The molecule has 0 aliphatic carbocycles. The van der Waals surface area contributed by atoms with Crippen LogP contribution in [-0.2, 0) is 14.3 Å². The summed E-state index contributed by atoms with van der Waals surface area (Å²) < 4.78 is 4.71. The van der Waals surface area contributed by atoms with E-state index in [1.165, 1.54) is 7.11 Å². The van der Waals surface area contributed by atoms with Gasteiger partial charge in [-0.25, -0.2) is 0 Å². The fourth-order valence-electron chi connectivity index (χ4n) is 2.06. The lowest BCUT2D eigenvalue weighted by Gasteiger charge is -2.20. The number of nitrogens with two attached hydrogens (primary N) is 1. The highest BCUT2D eigenvalue weighted by Gasteiger charge is 2.21. The van der Waals surface area contributed by atoms with Crippen LogP contribution in [0.1, 0.15) is 37.8 Å². The summed E-state index contributed by atoms with van der Waals surface area (Å²) in [7, 11) is 1.33. The van der Waals surface area contributed by atoms with Crippen molar-refractivity contribution in [3.8, 4) is 0 Å². The lowest BCUT2D eigenvalue weighted by Crippen LogP contribution is -2.42. The number of benzene rings is 1. The van der Waals surface area contributed by atoms with E-state index in [-0.39, 0.29) is 30.7 Å². The normalized spacial score (nSPS) is 12.7. The number of esters is 1. The van der Waals surface area contributed by atoms with Gasteiger partial charge in [0.25, 0.3) is 0 Å². The molecule has 2 atom stereocenters. The lowest BCUT2D eigenvalue weighted by atomic mass is 10.0. The van der Waals surface area contributed by atoms with E-state index in [0.717, 1.165) is 16.9 Å². The molecule has 0 aliphatic rings. The number of amides is 1. The largest absolute Gasteiger partial charge is 0.469 e. The van der Waals surface area contributed by atoms with Crippen molar-refractivity contribution in [1.82, 2.24) is 5.32 Å². The van der Waals surface area contributed by atoms with E-state index in [2.05, 4.69) is 5.32 Å². The third-order valence-corrected chi connectivity index (χ3v) is 4.11. The Labute approximate surface area is 148 Å². The van der Waals surface area contributed by atoms with Crippen LogP contribution in [0, 0.1) is 0 Å². The number of nitrogens with one attached hydrogen (secondary N) is 1. The number of methoxy groups -OCH3 is 1. The van der Waals surface area contributed by atoms with Crippen molar-refractivity contribution in [1.29, 1.82) is 0 Å². The summed E-state index contributed by atoms with van der Waals surface area (Å²) in [6.45, 7) is 1.97. The molecule has 0 bridgehead atoms. The molecular formula is C16H25ClN2O3S. The molecule has 0 fully saturated rings. The van der Waals surface area contributed by atoms with Crippen molar-refractivity contribution in [2.75, 3.05) is 13.4 Å². The Balaban J connectivity index is 0.00000484. The Kier molecular flexibility index (Phi) is 10.7. The van der Waals surface area contributed by atoms with Crippen LogP contribution in [0.3, 0.4) is 0 Å². The van der Waals surface area contributed by atoms with E-state index in [1.54, 1.807) is 11.8 Å². The number of ether oxygens (including phenoxy) is 1. The molecule has 2 unspecified atom stereocenters. The summed E-state index contributed by atoms with van der Waals surface area (Å²) in [6, 6.07) is 6.75. The second-order valence-corrected chi connectivity index (χ2v) is 5.89. The average molecular weight is 361 g/mol. The maximum Gasteiger partial charge on any atom is 0.307 e. The van der Waals surface area contributed by atoms with Crippen molar-refractivity contribution < 1.29 is 14.3 Å². The molecule has 0 aromatic heterocycles. The van der Waals surface area contributed by atoms with Gasteiger partial charge in [-0.1, -0.05) is 25.5 Å². The summed E-state index contributed by atoms with van der Waals surface area (Å²) in [6.07, 6.45) is 3.52. The van der Waals surface area contributed by atoms with Gasteiger partial charge < -0.3 is 15.8 Å². The van der Waals surface area contributed by atoms with Crippen LogP contribution in [-0.4, -0.2) is 31.3 Å². The van der Waals surface area contributed by atoms with Crippen molar-refractivity contribution in [2.24, 2.45) is 5.73 Å². The molecule has 0 heterocycles. The van der Waals surface area contributed by atoms with Gasteiger partial charge in [0.1, 0.15) is 0 Å². The smallest absolute Gasteiger partial charge is 0.307 e. The molecular weight excluding hydrogens is 336 g/mol. The quantitative estimate of drug-likeness (QED) is 0.550. The molecule has 130 valence electrons. The zero-order valence-corrected chi connectivity index (χ0v) is 15.3. The third-order valence-electron chi connectivity index (χ3n) is 3.37. The SMILES string of the molecule is CCCC(N)C(=O)NC(CC(=O)OC)c1ccc(SC)cc1.Cl. The second-order valence-electron chi connectivity index (χ2n) is 5.01. The van der Waals surface area contributed by atoms with Crippen molar-refractivity contribution in [2.45, 2.75) is 43.2 Å². The number of hydrogen-bond donors (Lipinski definition) is 2.